The summed E-state index contributed by atoms with van der Waals surface area (Å²) in [6.07, 6.45) is -3.26. The largest absolute Gasteiger partial charge is 0.480 e. The molecule has 7 heteroatoms. The predicted octanol–water partition coefficient (Wildman–Crippen LogP) is 2.89. The fourth-order valence-electron chi connectivity index (χ4n) is 2.03. The van der Waals surface area contributed by atoms with Crippen LogP contribution in [0.4, 0.5) is 18.9 Å². The van der Waals surface area contributed by atoms with Crippen LogP contribution in [0.25, 0.3) is 10.9 Å². The van der Waals surface area contributed by atoms with Gasteiger partial charge in [0.05, 0.1) is 5.56 Å². The van der Waals surface area contributed by atoms with Gasteiger partial charge in [-0.3, -0.25) is 0 Å². The summed E-state index contributed by atoms with van der Waals surface area (Å²) in [5.41, 5.74) is 4.26. The first-order chi connectivity index (χ1) is 8.73. The Labute approximate surface area is 106 Å². The van der Waals surface area contributed by atoms with Crippen LogP contribution >= 0.6 is 0 Å². The second-order valence-corrected chi connectivity index (χ2v) is 4.20. The minimum absolute atomic E-state index is 0.0967. The van der Waals surface area contributed by atoms with Gasteiger partial charge < -0.3 is 15.4 Å². The van der Waals surface area contributed by atoms with E-state index in [0.29, 0.717) is 0 Å². The van der Waals surface area contributed by atoms with E-state index in [1.807, 2.05) is 0 Å². The molecule has 3 N–H and O–H groups in total. The fraction of sp³-hybridized carbons (Fsp3) is 0.250. The Hall–Kier alpha value is -2.18. The topological polar surface area (TPSA) is 68.2 Å². The van der Waals surface area contributed by atoms with E-state index >= 15 is 0 Å². The first-order valence-electron chi connectivity index (χ1n) is 5.42. The number of hydrogen-bond acceptors (Lipinski definition) is 2. The Kier molecular flexibility index (Phi) is 2.92. The number of carboxylic acid groups (broad SMARTS) is 1. The van der Waals surface area contributed by atoms with Crippen molar-refractivity contribution in [3.63, 3.8) is 0 Å². The average Bonchev–Trinajstić information content (AvgIpc) is 2.68. The van der Waals surface area contributed by atoms with E-state index in [0.717, 1.165) is 6.07 Å². The molecule has 0 bridgehead atoms. The molecule has 1 aromatic heterocycles. The number of anilines is 1. The molecule has 0 radical (unpaired) electrons. The molecule has 0 aliphatic rings. The molecule has 0 amide bonds. The van der Waals surface area contributed by atoms with E-state index < -0.39 is 23.8 Å². The Morgan fingerprint density at radius 2 is 2.00 bits per heavy atom. The molecular weight excluding hydrogens is 261 g/mol. The number of halogens is 3. The summed E-state index contributed by atoms with van der Waals surface area (Å²) in [6.45, 7) is 1.39. The third-order valence-electron chi connectivity index (χ3n) is 2.99. The zero-order valence-corrected chi connectivity index (χ0v) is 9.90. The van der Waals surface area contributed by atoms with Crippen LogP contribution in [0.3, 0.4) is 0 Å². The van der Waals surface area contributed by atoms with Gasteiger partial charge in [-0.2, -0.15) is 13.2 Å². The number of hydrogen-bond donors (Lipinski definition) is 2. The van der Waals surface area contributed by atoms with Crippen LogP contribution in [0.5, 0.6) is 0 Å². The fourth-order valence-corrected chi connectivity index (χ4v) is 2.03. The summed E-state index contributed by atoms with van der Waals surface area (Å²) in [5, 5.41) is 8.83. The van der Waals surface area contributed by atoms with Gasteiger partial charge in [-0.25, -0.2) is 4.79 Å². The third-order valence-corrected chi connectivity index (χ3v) is 2.99. The van der Waals surface area contributed by atoms with E-state index in [-0.39, 0.29) is 16.6 Å². The minimum atomic E-state index is -4.58. The normalized spacial score (nSPS) is 13.7. The highest BCUT2D eigenvalue weighted by molar-refractivity contribution is 5.90. The number of carboxylic acids is 1. The molecule has 2 aromatic rings. The molecule has 1 atom stereocenters. The van der Waals surface area contributed by atoms with Crippen molar-refractivity contribution in [1.82, 2.24) is 4.57 Å². The number of nitrogen functional groups attached to an aromatic ring is 1. The number of nitrogens with two attached hydrogens (primary N) is 1. The zero-order valence-electron chi connectivity index (χ0n) is 9.90. The van der Waals surface area contributed by atoms with Crippen molar-refractivity contribution in [1.29, 1.82) is 0 Å². The maximum absolute atomic E-state index is 12.9. The lowest BCUT2D eigenvalue weighted by Gasteiger charge is -2.14. The number of aliphatic carboxylic acids is 1. The molecule has 2 rings (SSSR count). The quantitative estimate of drug-likeness (QED) is 0.826. The average molecular weight is 272 g/mol. The van der Waals surface area contributed by atoms with Crippen molar-refractivity contribution in [2.45, 2.75) is 19.1 Å². The number of alkyl halides is 3. The van der Waals surface area contributed by atoms with Gasteiger partial charge in [0.1, 0.15) is 6.04 Å². The number of nitrogens with zero attached hydrogens (tertiary/aromatic N) is 1. The molecule has 1 unspecified atom stereocenters. The van der Waals surface area contributed by atoms with E-state index in [2.05, 4.69) is 0 Å². The Morgan fingerprint density at radius 1 is 1.37 bits per heavy atom. The number of rotatable bonds is 2. The van der Waals surface area contributed by atoms with Gasteiger partial charge in [0, 0.05) is 22.8 Å². The molecule has 1 heterocycles. The molecule has 19 heavy (non-hydrogen) atoms. The Balaban J connectivity index is 2.74. The number of aromatic nitrogens is 1. The lowest BCUT2D eigenvalue weighted by atomic mass is 10.1. The van der Waals surface area contributed by atoms with Gasteiger partial charge in [-0.05, 0) is 25.1 Å². The Bertz CT molecular complexity index is 646. The first kappa shape index (κ1) is 13.3. The molecule has 1 aromatic carbocycles. The summed E-state index contributed by atoms with van der Waals surface area (Å²) in [4.78, 5) is 10.9. The minimum Gasteiger partial charge on any atom is -0.480 e. The maximum Gasteiger partial charge on any atom is 0.419 e. The van der Waals surface area contributed by atoms with Crippen LogP contribution in [-0.4, -0.2) is 15.6 Å². The van der Waals surface area contributed by atoms with Gasteiger partial charge in [-0.15, -0.1) is 0 Å². The lowest BCUT2D eigenvalue weighted by Crippen LogP contribution is -2.15. The van der Waals surface area contributed by atoms with Crippen molar-refractivity contribution in [2.24, 2.45) is 0 Å². The summed E-state index contributed by atoms with van der Waals surface area (Å²) in [6, 6.07) is 2.80. The number of fused-ring (bicyclic) bond motifs is 1. The van der Waals surface area contributed by atoms with Crippen molar-refractivity contribution in [3.8, 4) is 0 Å². The van der Waals surface area contributed by atoms with Crippen LogP contribution in [-0.2, 0) is 11.0 Å². The van der Waals surface area contributed by atoms with Crippen molar-refractivity contribution in [3.05, 3.63) is 30.0 Å². The molecular formula is C12H11F3N2O2. The second-order valence-electron chi connectivity index (χ2n) is 4.20. The highest BCUT2D eigenvalue weighted by Gasteiger charge is 2.35. The van der Waals surface area contributed by atoms with E-state index in [1.54, 1.807) is 0 Å². The van der Waals surface area contributed by atoms with E-state index in [4.69, 9.17) is 10.8 Å². The van der Waals surface area contributed by atoms with Gasteiger partial charge in [0.2, 0.25) is 0 Å². The van der Waals surface area contributed by atoms with Gasteiger partial charge in [0.25, 0.3) is 0 Å². The van der Waals surface area contributed by atoms with Crippen LogP contribution in [0.2, 0.25) is 0 Å². The highest BCUT2D eigenvalue weighted by atomic mass is 19.4. The third kappa shape index (κ3) is 2.11. The smallest absolute Gasteiger partial charge is 0.419 e. The molecule has 102 valence electrons. The SMILES string of the molecule is CC(C(=O)O)n1ccc2c(C(F)(F)F)c(N)ccc21. The van der Waals surface area contributed by atoms with Crippen LogP contribution in [0, 0.1) is 0 Å². The number of carbonyl (C=O) groups is 1. The van der Waals surface area contributed by atoms with E-state index in [9.17, 15) is 18.0 Å². The number of benzene rings is 1. The Morgan fingerprint density at radius 3 is 2.53 bits per heavy atom. The molecule has 0 aliphatic heterocycles. The zero-order chi connectivity index (χ0) is 14.4. The first-order valence-corrected chi connectivity index (χ1v) is 5.42. The van der Waals surface area contributed by atoms with Crippen molar-refractivity contribution < 1.29 is 23.1 Å². The molecule has 4 nitrogen and oxygen atoms in total. The van der Waals surface area contributed by atoms with Gasteiger partial charge >= 0.3 is 12.1 Å². The molecule has 0 spiro atoms. The molecule has 0 saturated heterocycles. The molecule has 0 saturated carbocycles. The van der Waals surface area contributed by atoms with Gasteiger partial charge in [-0.1, -0.05) is 0 Å². The van der Waals surface area contributed by atoms with E-state index in [1.165, 1.54) is 29.8 Å². The summed E-state index contributed by atoms with van der Waals surface area (Å²) < 4.78 is 40.1. The van der Waals surface area contributed by atoms with Crippen LogP contribution in [0.15, 0.2) is 24.4 Å². The molecule has 0 fully saturated rings. The second kappa shape index (κ2) is 4.18. The van der Waals surface area contributed by atoms with Crippen molar-refractivity contribution >= 4 is 22.6 Å². The predicted molar refractivity (Wildman–Crippen MR) is 63.7 cm³/mol. The lowest BCUT2D eigenvalue weighted by molar-refractivity contribution is -0.140. The molecule has 0 aliphatic carbocycles. The maximum atomic E-state index is 12.9. The summed E-state index contributed by atoms with van der Waals surface area (Å²) >= 11 is 0. The van der Waals surface area contributed by atoms with Crippen LogP contribution in [0.1, 0.15) is 18.5 Å². The van der Waals surface area contributed by atoms with Gasteiger partial charge in [0.15, 0.2) is 0 Å². The monoisotopic (exact) mass is 272 g/mol. The highest BCUT2D eigenvalue weighted by Crippen LogP contribution is 2.39. The standard InChI is InChI=1S/C12H11F3N2O2/c1-6(11(18)19)17-5-4-7-9(17)3-2-8(16)10(7)12(13,14)15/h2-6H,16H2,1H3,(H,18,19). The van der Waals surface area contributed by atoms with Crippen molar-refractivity contribution in [2.75, 3.05) is 5.73 Å². The summed E-state index contributed by atoms with van der Waals surface area (Å²) in [5.74, 6) is -1.12. The summed E-state index contributed by atoms with van der Waals surface area (Å²) in [7, 11) is 0. The van der Waals surface area contributed by atoms with Crippen LogP contribution < -0.4 is 5.73 Å².